The molecule has 0 saturated carbocycles. The molecular formula is C10H21N. The molecule has 0 aromatic carbocycles. The van der Waals surface area contributed by atoms with Crippen LogP contribution in [0.1, 0.15) is 34.6 Å². The third kappa shape index (κ3) is 2.96. The Balaban J connectivity index is 4.10. The van der Waals surface area contributed by atoms with Gasteiger partial charge in [0.05, 0.1) is 0 Å². The van der Waals surface area contributed by atoms with E-state index >= 15 is 0 Å². The number of rotatable bonds is 3. The van der Waals surface area contributed by atoms with Gasteiger partial charge in [-0.1, -0.05) is 41.2 Å². The first-order valence-corrected chi connectivity index (χ1v) is 4.15. The summed E-state index contributed by atoms with van der Waals surface area (Å²) in [5.41, 5.74) is 0.643. The van der Waals surface area contributed by atoms with Crippen molar-refractivity contribution < 1.29 is 0 Å². The molecule has 0 saturated heterocycles. The highest BCUT2D eigenvalue weighted by Gasteiger charge is 2.31. The smallest absolute Gasteiger partial charge is 0.0197 e. The van der Waals surface area contributed by atoms with Crippen LogP contribution in [0.5, 0.6) is 0 Å². The summed E-state index contributed by atoms with van der Waals surface area (Å²) >= 11 is 0. The Bertz CT molecular complexity index is 128. The maximum atomic E-state index is 3.63. The van der Waals surface area contributed by atoms with E-state index in [1.54, 1.807) is 6.20 Å². The van der Waals surface area contributed by atoms with Crippen molar-refractivity contribution in [1.82, 2.24) is 5.32 Å². The second kappa shape index (κ2) is 3.29. The lowest BCUT2D eigenvalue weighted by atomic mass is 9.69. The Morgan fingerprint density at radius 1 is 1.18 bits per heavy atom. The van der Waals surface area contributed by atoms with Crippen molar-refractivity contribution in [2.75, 3.05) is 6.54 Å². The Morgan fingerprint density at radius 2 is 1.64 bits per heavy atom. The van der Waals surface area contributed by atoms with Crippen LogP contribution in [0.25, 0.3) is 0 Å². The summed E-state index contributed by atoms with van der Waals surface area (Å²) in [7, 11) is 0. The van der Waals surface area contributed by atoms with Gasteiger partial charge in [0.25, 0.3) is 0 Å². The van der Waals surface area contributed by atoms with Gasteiger partial charge < -0.3 is 5.32 Å². The van der Waals surface area contributed by atoms with Crippen molar-refractivity contribution in [3.8, 4) is 0 Å². The van der Waals surface area contributed by atoms with Gasteiger partial charge in [-0.3, -0.25) is 0 Å². The molecule has 0 aromatic heterocycles. The molecular weight excluding hydrogens is 134 g/mol. The molecule has 0 aliphatic rings. The molecule has 11 heavy (non-hydrogen) atoms. The fourth-order valence-corrected chi connectivity index (χ4v) is 0.592. The van der Waals surface area contributed by atoms with E-state index in [0.29, 0.717) is 10.8 Å². The third-order valence-electron chi connectivity index (χ3n) is 2.72. The van der Waals surface area contributed by atoms with Crippen LogP contribution in [-0.4, -0.2) is 6.54 Å². The molecule has 1 nitrogen and oxygen atoms in total. The summed E-state index contributed by atoms with van der Waals surface area (Å²) in [6.07, 6.45) is 1.76. The normalized spacial score (nSPS) is 12.8. The van der Waals surface area contributed by atoms with Crippen LogP contribution < -0.4 is 5.32 Å². The van der Waals surface area contributed by atoms with Crippen LogP contribution in [0, 0.1) is 10.8 Å². The highest BCUT2D eigenvalue weighted by atomic mass is 14.8. The van der Waals surface area contributed by atoms with Crippen LogP contribution in [0.3, 0.4) is 0 Å². The molecule has 0 aliphatic heterocycles. The monoisotopic (exact) mass is 155 g/mol. The predicted molar refractivity (Wildman–Crippen MR) is 51.4 cm³/mol. The highest BCUT2D eigenvalue weighted by molar-refractivity contribution is 4.85. The van der Waals surface area contributed by atoms with Crippen molar-refractivity contribution in [1.29, 1.82) is 0 Å². The molecule has 0 spiro atoms. The summed E-state index contributed by atoms with van der Waals surface area (Å²) in [6, 6.07) is 0. The van der Waals surface area contributed by atoms with Gasteiger partial charge in [-0.2, -0.15) is 0 Å². The van der Waals surface area contributed by atoms with E-state index in [1.165, 1.54) is 0 Å². The molecule has 0 aromatic rings. The maximum Gasteiger partial charge on any atom is 0.0197 e. The van der Waals surface area contributed by atoms with Crippen molar-refractivity contribution in [3.05, 3.63) is 12.8 Å². The first-order chi connectivity index (χ1) is 4.81. The Labute approximate surface area is 70.9 Å². The van der Waals surface area contributed by atoms with Gasteiger partial charge in [-0.15, -0.1) is 0 Å². The summed E-state index contributed by atoms with van der Waals surface area (Å²) in [5, 5.41) is 3.16. The molecule has 0 rings (SSSR count). The van der Waals surface area contributed by atoms with Crippen molar-refractivity contribution in [3.63, 3.8) is 0 Å². The summed E-state index contributed by atoms with van der Waals surface area (Å²) < 4.78 is 0. The van der Waals surface area contributed by atoms with E-state index in [4.69, 9.17) is 0 Å². The zero-order valence-corrected chi connectivity index (χ0v) is 8.49. The highest BCUT2D eigenvalue weighted by Crippen LogP contribution is 2.36. The fraction of sp³-hybridized carbons (Fsp3) is 0.800. The SMILES string of the molecule is C=CNCC(C)(C)C(C)(C)C. The van der Waals surface area contributed by atoms with Gasteiger partial charge in [0.1, 0.15) is 0 Å². The van der Waals surface area contributed by atoms with E-state index in [1.807, 2.05) is 0 Å². The largest absolute Gasteiger partial charge is 0.391 e. The average molecular weight is 155 g/mol. The van der Waals surface area contributed by atoms with E-state index in [0.717, 1.165) is 6.54 Å². The molecule has 1 heteroatoms. The van der Waals surface area contributed by atoms with E-state index in [-0.39, 0.29) is 0 Å². The topological polar surface area (TPSA) is 12.0 Å². The summed E-state index contributed by atoms with van der Waals surface area (Å²) in [5.74, 6) is 0. The fourth-order valence-electron chi connectivity index (χ4n) is 0.592. The minimum absolute atomic E-state index is 0.307. The van der Waals surface area contributed by atoms with E-state index in [9.17, 15) is 0 Å². The third-order valence-corrected chi connectivity index (χ3v) is 2.72. The molecule has 0 aliphatic carbocycles. The van der Waals surface area contributed by atoms with E-state index < -0.39 is 0 Å². The number of nitrogens with one attached hydrogen (secondary N) is 1. The average Bonchev–Trinajstić information content (AvgIpc) is 1.81. The summed E-state index contributed by atoms with van der Waals surface area (Å²) in [4.78, 5) is 0. The predicted octanol–water partition coefficient (Wildman–Crippen LogP) is 2.79. The van der Waals surface area contributed by atoms with Gasteiger partial charge in [0.15, 0.2) is 0 Å². The van der Waals surface area contributed by atoms with Crippen LogP contribution in [0.15, 0.2) is 12.8 Å². The molecule has 0 heterocycles. The Morgan fingerprint density at radius 3 is 1.91 bits per heavy atom. The lowest BCUT2D eigenvalue weighted by molar-refractivity contribution is 0.134. The molecule has 0 fully saturated rings. The first kappa shape index (κ1) is 10.5. The molecule has 0 unspecified atom stereocenters. The van der Waals surface area contributed by atoms with Gasteiger partial charge in [0, 0.05) is 6.54 Å². The number of hydrogen-bond acceptors (Lipinski definition) is 1. The standard InChI is InChI=1S/C10H21N/c1-7-11-8-10(5,6)9(2,3)4/h7,11H,1,8H2,2-6H3. The van der Waals surface area contributed by atoms with E-state index in [2.05, 4.69) is 46.5 Å². The molecule has 0 atom stereocenters. The van der Waals surface area contributed by atoms with Crippen LogP contribution in [0.4, 0.5) is 0 Å². The van der Waals surface area contributed by atoms with Crippen molar-refractivity contribution in [2.45, 2.75) is 34.6 Å². The van der Waals surface area contributed by atoms with Crippen LogP contribution in [-0.2, 0) is 0 Å². The molecule has 1 N–H and O–H groups in total. The minimum Gasteiger partial charge on any atom is -0.391 e. The van der Waals surface area contributed by atoms with Gasteiger partial charge >= 0.3 is 0 Å². The zero-order valence-electron chi connectivity index (χ0n) is 8.49. The van der Waals surface area contributed by atoms with Crippen LogP contribution >= 0.6 is 0 Å². The number of hydrogen-bond donors (Lipinski definition) is 1. The van der Waals surface area contributed by atoms with Gasteiger partial charge in [0.2, 0.25) is 0 Å². The maximum absolute atomic E-state index is 3.63. The quantitative estimate of drug-likeness (QED) is 0.661. The molecule has 0 amide bonds. The van der Waals surface area contributed by atoms with Crippen LogP contribution in [0.2, 0.25) is 0 Å². The minimum atomic E-state index is 0.307. The molecule has 0 bridgehead atoms. The molecule has 66 valence electrons. The zero-order chi connectivity index (χ0) is 9.12. The Kier molecular flexibility index (Phi) is 3.15. The van der Waals surface area contributed by atoms with Gasteiger partial charge in [-0.05, 0) is 17.0 Å². The van der Waals surface area contributed by atoms with Crippen molar-refractivity contribution >= 4 is 0 Å². The van der Waals surface area contributed by atoms with Crippen molar-refractivity contribution in [2.24, 2.45) is 10.8 Å². The lowest BCUT2D eigenvalue weighted by Gasteiger charge is -2.38. The lowest BCUT2D eigenvalue weighted by Crippen LogP contribution is -2.37. The molecule has 0 radical (unpaired) electrons. The first-order valence-electron chi connectivity index (χ1n) is 4.15. The second-order valence-corrected chi connectivity index (χ2v) is 4.72. The second-order valence-electron chi connectivity index (χ2n) is 4.72. The van der Waals surface area contributed by atoms with Gasteiger partial charge in [-0.25, -0.2) is 0 Å². The summed E-state index contributed by atoms with van der Waals surface area (Å²) in [6.45, 7) is 15.9. The Hall–Kier alpha value is -0.460.